The van der Waals surface area contributed by atoms with Crippen molar-refractivity contribution in [3.05, 3.63) is 84.4 Å². The van der Waals surface area contributed by atoms with Gasteiger partial charge in [-0.2, -0.15) is 0 Å². The number of fused-ring (bicyclic) bond motifs is 1. The van der Waals surface area contributed by atoms with Gasteiger partial charge in [0.2, 0.25) is 0 Å². The van der Waals surface area contributed by atoms with Gasteiger partial charge in [0, 0.05) is 25.5 Å². The number of likely N-dealkylation sites (tertiary alicyclic amines) is 1. The highest BCUT2D eigenvalue weighted by atomic mass is 16.5. The molecule has 1 unspecified atom stereocenters. The third-order valence-corrected chi connectivity index (χ3v) is 5.83. The largest absolute Gasteiger partial charge is 0.362 e. The van der Waals surface area contributed by atoms with Crippen molar-refractivity contribution in [2.75, 3.05) is 20.1 Å². The third kappa shape index (κ3) is 3.99. The first-order valence-electron chi connectivity index (χ1n) is 10.6. The van der Waals surface area contributed by atoms with Crippen LogP contribution in [0, 0.1) is 0 Å². The number of ether oxygens (including phenoxy) is 1. The van der Waals surface area contributed by atoms with Crippen molar-refractivity contribution in [3.63, 3.8) is 0 Å². The fraction of sp³-hybridized carbons (Fsp3) is 0.280. The molecular formula is C25H26N4O. The number of nitrogens with one attached hydrogen (secondary N) is 1. The molecule has 1 atom stereocenters. The van der Waals surface area contributed by atoms with Crippen molar-refractivity contribution in [2.45, 2.75) is 25.0 Å². The smallest absolute Gasteiger partial charge is 0.141 e. The molecule has 5 rings (SSSR count). The third-order valence-electron chi connectivity index (χ3n) is 5.83. The van der Waals surface area contributed by atoms with Gasteiger partial charge >= 0.3 is 0 Å². The first-order valence-corrected chi connectivity index (χ1v) is 10.6. The molecule has 0 bridgehead atoms. The summed E-state index contributed by atoms with van der Waals surface area (Å²) in [4.78, 5) is 15.0. The Labute approximate surface area is 176 Å². The Morgan fingerprint density at radius 3 is 2.63 bits per heavy atom. The summed E-state index contributed by atoms with van der Waals surface area (Å²) < 4.78 is 6.70. The van der Waals surface area contributed by atoms with Gasteiger partial charge in [-0.25, -0.2) is 4.98 Å². The van der Waals surface area contributed by atoms with E-state index in [9.17, 15) is 0 Å². The van der Waals surface area contributed by atoms with Crippen molar-refractivity contribution in [2.24, 2.45) is 0 Å². The number of imidazole rings is 1. The Morgan fingerprint density at radius 1 is 1.00 bits per heavy atom. The fourth-order valence-corrected chi connectivity index (χ4v) is 4.13. The van der Waals surface area contributed by atoms with Crippen LogP contribution in [0.15, 0.2) is 73.1 Å². The summed E-state index contributed by atoms with van der Waals surface area (Å²) in [5.41, 5.74) is 5.34. The molecule has 1 saturated heterocycles. The van der Waals surface area contributed by atoms with E-state index in [-0.39, 0.29) is 12.2 Å². The van der Waals surface area contributed by atoms with Crippen LogP contribution >= 0.6 is 0 Å². The molecule has 0 saturated carbocycles. The van der Waals surface area contributed by atoms with Crippen LogP contribution in [0.5, 0.6) is 0 Å². The van der Waals surface area contributed by atoms with E-state index in [0.717, 1.165) is 59.5 Å². The molecule has 0 amide bonds. The molecule has 1 aliphatic heterocycles. The second-order valence-corrected chi connectivity index (χ2v) is 8.03. The van der Waals surface area contributed by atoms with Gasteiger partial charge in [0.05, 0.1) is 17.1 Å². The zero-order chi connectivity index (χ0) is 20.3. The lowest BCUT2D eigenvalue weighted by atomic mass is 10.0. The number of pyridine rings is 1. The molecule has 4 aromatic rings. The minimum absolute atomic E-state index is 0.224. The van der Waals surface area contributed by atoms with Crippen LogP contribution in [-0.2, 0) is 4.74 Å². The number of H-pyrrole nitrogens is 1. The lowest BCUT2D eigenvalue weighted by Gasteiger charge is -2.31. The number of aromatic nitrogens is 3. The highest BCUT2D eigenvalue weighted by Crippen LogP contribution is 2.32. The molecule has 2 aromatic heterocycles. The average molecular weight is 399 g/mol. The number of benzene rings is 2. The van der Waals surface area contributed by atoms with Gasteiger partial charge in [-0.05, 0) is 60.8 Å². The maximum Gasteiger partial charge on any atom is 0.141 e. The number of aromatic amines is 1. The molecule has 152 valence electrons. The summed E-state index contributed by atoms with van der Waals surface area (Å²) in [7, 11) is 2.17. The van der Waals surface area contributed by atoms with Gasteiger partial charge in [0.1, 0.15) is 11.9 Å². The quantitative estimate of drug-likeness (QED) is 0.523. The van der Waals surface area contributed by atoms with Gasteiger partial charge in [-0.15, -0.1) is 0 Å². The van der Waals surface area contributed by atoms with Crippen LogP contribution in [0.3, 0.4) is 0 Å². The number of rotatable bonds is 5. The lowest BCUT2D eigenvalue weighted by molar-refractivity contribution is -0.0264. The van der Waals surface area contributed by atoms with E-state index in [1.807, 2.05) is 30.5 Å². The highest BCUT2D eigenvalue weighted by molar-refractivity contribution is 5.75. The van der Waals surface area contributed by atoms with Gasteiger partial charge < -0.3 is 14.6 Å². The van der Waals surface area contributed by atoms with E-state index >= 15 is 0 Å². The highest BCUT2D eigenvalue weighted by Gasteiger charge is 2.26. The van der Waals surface area contributed by atoms with Crippen LogP contribution < -0.4 is 0 Å². The van der Waals surface area contributed by atoms with E-state index in [1.54, 1.807) is 6.20 Å². The van der Waals surface area contributed by atoms with Crippen molar-refractivity contribution < 1.29 is 4.74 Å². The van der Waals surface area contributed by atoms with Crippen molar-refractivity contribution in [1.82, 2.24) is 19.9 Å². The molecule has 3 heterocycles. The molecular weight excluding hydrogens is 372 g/mol. The van der Waals surface area contributed by atoms with Crippen LogP contribution in [0.1, 0.15) is 30.3 Å². The molecule has 1 fully saturated rings. The molecule has 0 aliphatic carbocycles. The number of nitrogens with zero attached hydrogens (tertiary/aromatic N) is 3. The molecule has 5 nitrogen and oxygen atoms in total. The van der Waals surface area contributed by atoms with Gasteiger partial charge in [-0.1, -0.05) is 36.4 Å². The summed E-state index contributed by atoms with van der Waals surface area (Å²) in [6, 6.07) is 20.7. The second-order valence-electron chi connectivity index (χ2n) is 8.03. The Hall–Kier alpha value is -3.02. The van der Waals surface area contributed by atoms with E-state index in [2.05, 4.69) is 58.3 Å². The minimum atomic E-state index is -0.234. The van der Waals surface area contributed by atoms with Crippen LogP contribution in [-0.4, -0.2) is 46.1 Å². The summed E-state index contributed by atoms with van der Waals surface area (Å²) in [5, 5.41) is 0. The van der Waals surface area contributed by atoms with Crippen LogP contribution in [0.4, 0.5) is 0 Å². The topological polar surface area (TPSA) is 54.0 Å². The average Bonchev–Trinajstić information content (AvgIpc) is 3.23. The van der Waals surface area contributed by atoms with E-state index in [0.29, 0.717) is 0 Å². The number of para-hydroxylation sites is 2. The first kappa shape index (κ1) is 19.0. The molecule has 1 N–H and O–H groups in total. The fourth-order valence-electron chi connectivity index (χ4n) is 4.13. The molecule has 30 heavy (non-hydrogen) atoms. The second kappa shape index (κ2) is 8.38. The van der Waals surface area contributed by atoms with Crippen LogP contribution in [0.2, 0.25) is 0 Å². The molecule has 0 radical (unpaired) electrons. The zero-order valence-corrected chi connectivity index (χ0v) is 17.2. The Bertz CT molecular complexity index is 1080. The predicted octanol–water partition coefficient (Wildman–Crippen LogP) is 4.83. The monoisotopic (exact) mass is 398 g/mol. The van der Waals surface area contributed by atoms with Gasteiger partial charge in [-0.3, -0.25) is 4.98 Å². The summed E-state index contributed by atoms with van der Waals surface area (Å²) >= 11 is 0. The maximum atomic E-state index is 6.70. The molecule has 5 heteroatoms. The number of hydrogen-bond donors (Lipinski definition) is 1. The summed E-state index contributed by atoms with van der Waals surface area (Å²) in [5.74, 6) is 0.860. The molecule has 1 aliphatic rings. The molecule has 0 spiro atoms. The van der Waals surface area contributed by atoms with Gasteiger partial charge in [0.15, 0.2) is 0 Å². The summed E-state index contributed by atoms with van der Waals surface area (Å²) in [6.45, 7) is 2.13. The Morgan fingerprint density at radius 2 is 1.83 bits per heavy atom. The van der Waals surface area contributed by atoms with E-state index < -0.39 is 0 Å². The van der Waals surface area contributed by atoms with E-state index in [4.69, 9.17) is 9.72 Å². The van der Waals surface area contributed by atoms with Crippen LogP contribution in [0.25, 0.3) is 22.2 Å². The van der Waals surface area contributed by atoms with Crippen molar-refractivity contribution in [3.8, 4) is 11.1 Å². The lowest BCUT2D eigenvalue weighted by Crippen LogP contribution is -2.35. The SMILES string of the molecule is CN1CCC(OC(c2cccc(-c3cccnc3)c2)c2nc3ccccc3[nH]2)CC1. The van der Waals surface area contributed by atoms with Gasteiger partial charge in [0.25, 0.3) is 0 Å². The normalized spacial score (nSPS) is 16.7. The minimum Gasteiger partial charge on any atom is -0.362 e. The summed E-state index contributed by atoms with van der Waals surface area (Å²) in [6.07, 6.45) is 5.76. The molecule has 2 aromatic carbocycles. The van der Waals surface area contributed by atoms with Crippen molar-refractivity contribution in [1.29, 1.82) is 0 Å². The standard InChI is InChI=1S/C25H26N4O/c1-29-14-11-21(12-15-29)30-24(25-27-22-9-2-3-10-23(22)28-25)19-7-4-6-18(16-19)20-8-5-13-26-17-20/h2-10,13,16-17,21,24H,11-12,14-15H2,1H3,(H,27,28). The Balaban J connectivity index is 1.52. The predicted molar refractivity (Wildman–Crippen MR) is 119 cm³/mol. The number of hydrogen-bond acceptors (Lipinski definition) is 4. The zero-order valence-electron chi connectivity index (χ0n) is 17.2. The number of piperidine rings is 1. The Kier molecular flexibility index (Phi) is 5.30. The maximum absolute atomic E-state index is 6.70. The first-order chi connectivity index (χ1) is 14.8. The van der Waals surface area contributed by atoms with Crippen molar-refractivity contribution >= 4 is 11.0 Å². The van der Waals surface area contributed by atoms with E-state index in [1.165, 1.54) is 0 Å².